The molecule has 1 aliphatic rings. The smallest absolute Gasteiger partial charge is 0.112 e. The van der Waals surface area contributed by atoms with Crippen molar-refractivity contribution in [3.63, 3.8) is 0 Å². The van der Waals surface area contributed by atoms with Gasteiger partial charge in [0.25, 0.3) is 0 Å². The molecule has 0 fully saturated rings. The lowest BCUT2D eigenvalue weighted by Crippen LogP contribution is -2.22. The third kappa shape index (κ3) is 4.90. The first-order valence-electron chi connectivity index (χ1n) is 10.6. The predicted molar refractivity (Wildman–Crippen MR) is 120 cm³/mol. The minimum atomic E-state index is 0.373. The molecule has 0 saturated heterocycles. The van der Waals surface area contributed by atoms with Crippen LogP contribution in [0.15, 0.2) is 46.1 Å². The Hall–Kier alpha value is -1.85. The maximum atomic E-state index is 5.25. The van der Waals surface area contributed by atoms with Crippen molar-refractivity contribution in [1.82, 2.24) is 0 Å². The summed E-state index contributed by atoms with van der Waals surface area (Å²) in [5, 5.41) is 0. The fourth-order valence-corrected chi connectivity index (χ4v) is 3.89. The lowest BCUT2D eigenvalue weighted by atomic mass is 9.81. The summed E-state index contributed by atoms with van der Waals surface area (Å²) in [5.74, 6) is 1.44. The molecule has 0 spiro atoms. The summed E-state index contributed by atoms with van der Waals surface area (Å²) in [5.41, 5.74) is 12.7. The monoisotopic (exact) mass is 363 g/mol. The maximum Gasteiger partial charge on any atom is 0.112 e. The Balaban J connectivity index is 2.70. The molecule has 0 aliphatic carbocycles. The quantitative estimate of drug-likeness (QED) is 0.375. The van der Waals surface area contributed by atoms with E-state index in [1.54, 1.807) is 5.57 Å². The Morgan fingerprint density at radius 1 is 1.07 bits per heavy atom. The standard InChI is InChI=1S/C26H37N/c1-9-18(4)23-12-11-13-25(24-16-17(3)14-15-20(24)6)27-26(19(5)10-2)22(8)21(23)7/h11,14-16,18-19,22H,9-10,12H2,1-8H3/b23-21+,27-26?. The second kappa shape index (κ2) is 9.38. The summed E-state index contributed by atoms with van der Waals surface area (Å²) in [6.07, 6.45) is 5.47. The normalized spacial score (nSPS) is 23.0. The number of aryl methyl sites for hydroxylation is 2. The maximum absolute atomic E-state index is 5.25. The molecular weight excluding hydrogens is 326 g/mol. The molecule has 1 aliphatic heterocycles. The summed E-state index contributed by atoms with van der Waals surface area (Å²) >= 11 is 0. The van der Waals surface area contributed by atoms with Crippen molar-refractivity contribution in [1.29, 1.82) is 0 Å². The van der Waals surface area contributed by atoms with Crippen molar-refractivity contribution in [2.75, 3.05) is 0 Å². The average Bonchev–Trinajstić information content (AvgIpc) is 2.72. The number of benzene rings is 1. The molecule has 27 heavy (non-hydrogen) atoms. The van der Waals surface area contributed by atoms with E-state index in [4.69, 9.17) is 4.99 Å². The summed E-state index contributed by atoms with van der Waals surface area (Å²) in [6, 6.07) is 6.62. The molecule has 0 amide bonds. The van der Waals surface area contributed by atoms with E-state index in [-0.39, 0.29) is 0 Å². The molecule has 2 rings (SSSR count). The molecule has 146 valence electrons. The summed E-state index contributed by atoms with van der Waals surface area (Å²) in [7, 11) is 0. The van der Waals surface area contributed by atoms with Crippen molar-refractivity contribution in [2.24, 2.45) is 22.7 Å². The molecule has 0 radical (unpaired) electrons. The van der Waals surface area contributed by atoms with E-state index in [1.165, 1.54) is 34.4 Å². The Morgan fingerprint density at radius 2 is 1.74 bits per heavy atom. The zero-order valence-corrected chi connectivity index (χ0v) is 18.6. The van der Waals surface area contributed by atoms with Gasteiger partial charge in [0.1, 0.15) is 5.70 Å². The van der Waals surface area contributed by atoms with Gasteiger partial charge in [-0.05, 0) is 69.6 Å². The van der Waals surface area contributed by atoms with Crippen LogP contribution in [0.1, 0.15) is 77.5 Å². The highest BCUT2D eigenvalue weighted by Gasteiger charge is 2.23. The van der Waals surface area contributed by atoms with E-state index in [2.05, 4.69) is 85.4 Å². The molecule has 0 saturated carbocycles. The molecule has 1 heteroatoms. The van der Waals surface area contributed by atoms with Crippen LogP contribution in [0.2, 0.25) is 0 Å². The molecule has 3 unspecified atom stereocenters. The van der Waals surface area contributed by atoms with Crippen LogP contribution in [0, 0.1) is 31.6 Å². The van der Waals surface area contributed by atoms with Crippen LogP contribution >= 0.6 is 0 Å². The van der Waals surface area contributed by atoms with E-state index < -0.39 is 0 Å². The first kappa shape index (κ1) is 21.5. The first-order valence-corrected chi connectivity index (χ1v) is 10.6. The van der Waals surface area contributed by atoms with E-state index in [0.29, 0.717) is 17.8 Å². The van der Waals surface area contributed by atoms with Crippen molar-refractivity contribution >= 4 is 11.4 Å². The van der Waals surface area contributed by atoms with Crippen LogP contribution in [-0.4, -0.2) is 5.71 Å². The fraction of sp³-hybridized carbons (Fsp3) is 0.538. The zero-order valence-electron chi connectivity index (χ0n) is 18.6. The van der Waals surface area contributed by atoms with Gasteiger partial charge in [-0.3, -0.25) is 0 Å². The zero-order chi connectivity index (χ0) is 20.1. The minimum absolute atomic E-state index is 0.373. The summed E-state index contributed by atoms with van der Waals surface area (Å²) < 4.78 is 0. The van der Waals surface area contributed by atoms with E-state index in [0.717, 1.165) is 18.5 Å². The first-order chi connectivity index (χ1) is 12.8. The minimum Gasteiger partial charge on any atom is -0.248 e. The van der Waals surface area contributed by atoms with Gasteiger partial charge in [0, 0.05) is 17.2 Å². The average molecular weight is 364 g/mol. The predicted octanol–water partition coefficient (Wildman–Crippen LogP) is 7.69. The molecule has 0 aromatic heterocycles. The Morgan fingerprint density at radius 3 is 2.37 bits per heavy atom. The largest absolute Gasteiger partial charge is 0.248 e. The van der Waals surface area contributed by atoms with Crippen LogP contribution in [0.3, 0.4) is 0 Å². The van der Waals surface area contributed by atoms with Gasteiger partial charge < -0.3 is 0 Å². The number of nitrogens with zero attached hydrogens (tertiary/aromatic N) is 1. The lowest BCUT2D eigenvalue weighted by molar-refractivity contribution is 0.617. The van der Waals surface area contributed by atoms with Crippen molar-refractivity contribution in [3.8, 4) is 0 Å². The van der Waals surface area contributed by atoms with Gasteiger partial charge in [-0.25, -0.2) is 4.99 Å². The third-order valence-electron chi connectivity index (χ3n) is 6.37. The number of aliphatic imine (C=N–C) groups is 1. The SMILES string of the molecule is CCC(C)C1=NC(c2cc(C)ccc2C)=C=CC/C(C(C)CC)=C(/C)C1C. The van der Waals surface area contributed by atoms with Crippen molar-refractivity contribution < 1.29 is 0 Å². The van der Waals surface area contributed by atoms with Gasteiger partial charge in [0.15, 0.2) is 0 Å². The van der Waals surface area contributed by atoms with Crippen LogP contribution in [0.4, 0.5) is 0 Å². The van der Waals surface area contributed by atoms with Crippen LogP contribution in [-0.2, 0) is 0 Å². The highest BCUT2D eigenvalue weighted by atomic mass is 14.8. The molecule has 0 bridgehead atoms. The van der Waals surface area contributed by atoms with Crippen molar-refractivity contribution in [3.05, 3.63) is 57.8 Å². The van der Waals surface area contributed by atoms with Gasteiger partial charge in [0.2, 0.25) is 0 Å². The number of hydrogen-bond donors (Lipinski definition) is 0. The lowest BCUT2D eigenvalue weighted by Gasteiger charge is -2.25. The van der Waals surface area contributed by atoms with Crippen LogP contribution in [0.25, 0.3) is 5.70 Å². The highest BCUT2D eigenvalue weighted by Crippen LogP contribution is 2.32. The van der Waals surface area contributed by atoms with Gasteiger partial charge in [0.05, 0.1) is 0 Å². The van der Waals surface area contributed by atoms with Gasteiger partial charge in [-0.1, -0.05) is 69.2 Å². The second-order valence-electron chi connectivity index (χ2n) is 8.30. The van der Waals surface area contributed by atoms with E-state index in [1.807, 2.05) is 0 Å². The van der Waals surface area contributed by atoms with E-state index in [9.17, 15) is 0 Å². The molecule has 1 nitrogen and oxygen atoms in total. The van der Waals surface area contributed by atoms with Gasteiger partial charge >= 0.3 is 0 Å². The van der Waals surface area contributed by atoms with Crippen LogP contribution < -0.4 is 0 Å². The van der Waals surface area contributed by atoms with Gasteiger partial charge in [-0.2, -0.15) is 0 Å². The number of hydrogen-bond acceptors (Lipinski definition) is 1. The fourth-order valence-electron chi connectivity index (χ4n) is 3.89. The molecule has 0 N–H and O–H groups in total. The van der Waals surface area contributed by atoms with Crippen LogP contribution in [0.5, 0.6) is 0 Å². The molecule has 1 aromatic carbocycles. The van der Waals surface area contributed by atoms with Crippen molar-refractivity contribution in [2.45, 2.75) is 74.7 Å². The number of allylic oxidation sites excluding steroid dienone is 3. The molecule has 3 atom stereocenters. The molecule has 1 heterocycles. The second-order valence-corrected chi connectivity index (χ2v) is 8.30. The topological polar surface area (TPSA) is 12.4 Å². The Bertz CT molecular complexity index is 799. The Labute approximate surface area is 167 Å². The van der Waals surface area contributed by atoms with E-state index >= 15 is 0 Å². The Kier molecular flexibility index (Phi) is 7.45. The summed E-state index contributed by atoms with van der Waals surface area (Å²) in [4.78, 5) is 5.25. The summed E-state index contributed by atoms with van der Waals surface area (Å²) in [6.45, 7) is 18.2. The third-order valence-corrected chi connectivity index (χ3v) is 6.37. The molecule has 1 aromatic rings. The highest BCUT2D eigenvalue weighted by molar-refractivity contribution is 5.95. The number of rotatable bonds is 5. The molecular formula is C26H37N. The van der Waals surface area contributed by atoms with Gasteiger partial charge in [-0.15, -0.1) is 0 Å².